The fraction of sp³-hybridized carbons (Fsp3) is 0.533. The molecule has 0 spiro atoms. The minimum absolute atomic E-state index is 0.0974. The summed E-state index contributed by atoms with van der Waals surface area (Å²) in [4.78, 5) is 18.8. The Morgan fingerprint density at radius 2 is 2.18 bits per heavy atom. The molecular weight excluding hydrogens is 282 g/mol. The number of piperidine rings is 1. The average molecular weight is 299 g/mol. The van der Waals surface area contributed by atoms with Gasteiger partial charge in [0.1, 0.15) is 11.7 Å². The van der Waals surface area contributed by atoms with Crippen molar-refractivity contribution in [2.75, 3.05) is 6.54 Å². The second kappa shape index (κ2) is 5.47. The van der Waals surface area contributed by atoms with Crippen LogP contribution in [0.25, 0.3) is 11.5 Å². The van der Waals surface area contributed by atoms with Crippen molar-refractivity contribution in [1.29, 1.82) is 0 Å². The van der Waals surface area contributed by atoms with Crippen molar-refractivity contribution in [2.45, 2.75) is 38.1 Å². The lowest BCUT2D eigenvalue weighted by Gasteiger charge is -2.33. The van der Waals surface area contributed by atoms with Crippen molar-refractivity contribution >= 4 is 5.91 Å². The lowest BCUT2D eigenvalue weighted by Crippen LogP contribution is -2.39. The third kappa shape index (κ3) is 2.47. The van der Waals surface area contributed by atoms with E-state index in [0.717, 1.165) is 38.6 Å². The third-order valence-electron chi connectivity index (χ3n) is 4.24. The molecule has 2 aromatic heterocycles. The maximum atomic E-state index is 12.4. The largest absolute Gasteiger partial charge is 0.337 e. The van der Waals surface area contributed by atoms with E-state index < -0.39 is 0 Å². The van der Waals surface area contributed by atoms with E-state index in [4.69, 9.17) is 4.52 Å². The van der Waals surface area contributed by atoms with Crippen LogP contribution in [-0.4, -0.2) is 37.7 Å². The van der Waals surface area contributed by atoms with Crippen molar-refractivity contribution in [3.63, 3.8) is 0 Å². The van der Waals surface area contributed by atoms with E-state index in [1.54, 1.807) is 18.3 Å². The molecule has 0 N–H and O–H groups in total. The Labute approximate surface area is 127 Å². The zero-order chi connectivity index (χ0) is 14.9. The molecule has 0 radical (unpaired) electrons. The van der Waals surface area contributed by atoms with Crippen LogP contribution in [0.1, 0.15) is 44.0 Å². The molecule has 7 nitrogen and oxygen atoms in total. The first-order valence-corrected chi connectivity index (χ1v) is 7.75. The van der Waals surface area contributed by atoms with Gasteiger partial charge in [0.05, 0.1) is 0 Å². The van der Waals surface area contributed by atoms with Crippen LogP contribution in [0.2, 0.25) is 0 Å². The highest BCUT2D eigenvalue weighted by atomic mass is 16.5. The number of amides is 1. The molecule has 22 heavy (non-hydrogen) atoms. The van der Waals surface area contributed by atoms with Crippen LogP contribution in [0.4, 0.5) is 0 Å². The molecule has 3 heterocycles. The topological polar surface area (TPSA) is 85.0 Å². The summed E-state index contributed by atoms with van der Waals surface area (Å²) in [7, 11) is 0. The Bertz CT molecular complexity index is 668. The highest BCUT2D eigenvalue weighted by Crippen LogP contribution is 2.37. The summed E-state index contributed by atoms with van der Waals surface area (Å²) in [5.41, 5.74) is 0.577. The van der Waals surface area contributed by atoms with Gasteiger partial charge >= 0.3 is 0 Å². The number of nitrogens with zero attached hydrogens (tertiary/aromatic N) is 5. The highest BCUT2D eigenvalue weighted by molar-refractivity contribution is 5.81. The molecule has 0 unspecified atom stereocenters. The first kappa shape index (κ1) is 13.4. The van der Waals surface area contributed by atoms with Crippen LogP contribution < -0.4 is 0 Å². The van der Waals surface area contributed by atoms with Crippen molar-refractivity contribution in [1.82, 2.24) is 25.2 Å². The molecule has 1 saturated heterocycles. The fourth-order valence-corrected chi connectivity index (χ4v) is 2.91. The zero-order valence-corrected chi connectivity index (χ0v) is 12.2. The van der Waals surface area contributed by atoms with Crippen LogP contribution >= 0.6 is 0 Å². The van der Waals surface area contributed by atoms with Gasteiger partial charge in [-0.1, -0.05) is 5.16 Å². The number of carbonyl (C=O) groups is 1. The van der Waals surface area contributed by atoms with E-state index in [-0.39, 0.29) is 17.9 Å². The number of aromatic nitrogens is 4. The SMILES string of the molecule is O=C(C1CC1)N1CCCC[C@H]1c1nc(-c2cccnn2)no1. The van der Waals surface area contributed by atoms with Crippen LogP contribution in [0, 0.1) is 5.92 Å². The standard InChI is InChI=1S/C15H17N5O2/c21-15(10-6-7-10)20-9-2-1-5-12(20)14-17-13(19-22-14)11-4-3-8-16-18-11/h3-4,8,10,12H,1-2,5-7,9H2/t12-/m0/s1. The van der Waals surface area contributed by atoms with E-state index in [1.807, 2.05) is 4.90 Å². The normalized spacial score (nSPS) is 21.8. The maximum Gasteiger partial charge on any atom is 0.249 e. The molecule has 2 aromatic rings. The van der Waals surface area contributed by atoms with E-state index in [9.17, 15) is 4.79 Å². The zero-order valence-electron chi connectivity index (χ0n) is 12.2. The summed E-state index contributed by atoms with van der Waals surface area (Å²) in [6.45, 7) is 0.781. The molecule has 1 aliphatic heterocycles. The quantitative estimate of drug-likeness (QED) is 0.861. The van der Waals surface area contributed by atoms with Gasteiger partial charge in [0, 0.05) is 18.7 Å². The van der Waals surface area contributed by atoms with Gasteiger partial charge in [0.15, 0.2) is 0 Å². The molecule has 7 heteroatoms. The van der Waals surface area contributed by atoms with Gasteiger partial charge in [-0.05, 0) is 44.2 Å². The summed E-state index contributed by atoms with van der Waals surface area (Å²) in [5.74, 6) is 1.38. The predicted molar refractivity (Wildman–Crippen MR) is 76.4 cm³/mol. The van der Waals surface area contributed by atoms with Gasteiger partial charge in [-0.15, -0.1) is 5.10 Å². The summed E-state index contributed by atoms with van der Waals surface area (Å²) in [6, 6.07) is 3.47. The maximum absolute atomic E-state index is 12.4. The van der Waals surface area contributed by atoms with Crippen LogP contribution in [0.5, 0.6) is 0 Å². The summed E-state index contributed by atoms with van der Waals surface area (Å²) >= 11 is 0. The van der Waals surface area contributed by atoms with E-state index in [2.05, 4.69) is 20.3 Å². The van der Waals surface area contributed by atoms with Crippen LogP contribution in [0.15, 0.2) is 22.9 Å². The summed E-state index contributed by atoms with van der Waals surface area (Å²) < 4.78 is 5.42. The van der Waals surface area contributed by atoms with Gasteiger partial charge in [-0.2, -0.15) is 10.1 Å². The predicted octanol–water partition coefficient (Wildman–Crippen LogP) is 1.99. The molecule has 1 amide bonds. The molecule has 2 aliphatic rings. The second-order valence-electron chi connectivity index (χ2n) is 5.88. The van der Waals surface area contributed by atoms with Crippen LogP contribution in [0.3, 0.4) is 0 Å². The fourth-order valence-electron chi connectivity index (χ4n) is 2.91. The average Bonchev–Trinajstić information content (AvgIpc) is 3.32. The van der Waals surface area contributed by atoms with Gasteiger partial charge in [-0.3, -0.25) is 4.79 Å². The van der Waals surface area contributed by atoms with Crippen molar-refractivity contribution in [3.8, 4) is 11.5 Å². The van der Waals surface area contributed by atoms with Gasteiger partial charge in [0.25, 0.3) is 0 Å². The number of carbonyl (C=O) groups excluding carboxylic acids is 1. The summed E-state index contributed by atoms with van der Waals surface area (Å²) in [5, 5.41) is 11.8. The van der Waals surface area contributed by atoms with Gasteiger partial charge < -0.3 is 9.42 Å². The number of likely N-dealkylation sites (tertiary alicyclic amines) is 1. The summed E-state index contributed by atoms with van der Waals surface area (Å²) in [6.07, 6.45) is 6.61. The number of hydrogen-bond donors (Lipinski definition) is 0. The lowest BCUT2D eigenvalue weighted by molar-refractivity contribution is -0.137. The Morgan fingerprint density at radius 1 is 1.27 bits per heavy atom. The first-order chi connectivity index (χ1) is 10.8. The van der Waals surface area contributed by atoms with Gasteiger partial charge in [-0.25, -0.2) is 0 Å². The minimum Gasteiger partial charge on any atom is -0.337 e. The molecule has 1 atom stereocenters. The third-order valence-corrected chi connectivity index (χ3v) is 4.24. The monoisotopic (exact) mass is 299 g/mol. The van der Waals surface area contributed by atoms with Crippen molar-refractivity contribution in [2.24, 2.45) is 5.92 Å². The highest BCUT2D eigenvalue weighted by Gasteiger charge is 2.39. The molecule has 2 fully saturated rings. The molecule has 114 valence electrons. The minimum atomic E-state index is -0.0974. The smallest absolute Gasteiger partial charge is 0.249 e. The Kier molecular flexibility index (Phi) is 3.32. The molecule has 0 aromatic carbocycles. The van der Waals surface area contributed by atoms with E-state index in [0.29, 0.717) is 17.4 Å². The Hall–Kier alpha value is -2.31. The van der Waals surface area contributed by atoms with Crippen molar-refractivity contribution < 1.29 is 9.32 Å². The Balaban J connectivity index is 1.59. The molecule has 1 aliphatic carbocycles. The Morgan fingerprint density at radius 3 is 2.95 bits per heavy atom. The molecule has 0 bridgehead atoms. The van der Waals surface area contributed by atoms with E-state index >= 15 is 0 Å². The lowest BCUT2D eigenvalue weighted by atomic mass is 10.0. The first-order valence-electron chi connectivity index (χ1n) is 7.75. The number of hydrogen-bond acceptors (Lipinski definition) is 6. The van der Waals surface area contributed by atoms with Crippen LogP contribution in [-0.2, 0) is 4.79 Å². The second-order valence-corrected chi connectivity index (χ2v) is 5.88. The molecular formula is C15H17N5O2. The van der Waals surface area contributed by atoms with Crippen molar-refractivity contribution in [3.05, 3.63) is 24.2 Å². The van der Waals surface area contributed by atoms with Gasteiger partial charge in [0.2, 0.25) is 17.6 Å². The molecule has 1 saturated carbocycles. The van der Waals surface area contributed by atoms with E-state index in [1.165, 1.54) is 0 Å². The molecule has 4 rings (SSSR count). The number of rotatable bonds is 3.